The summed E-state index contributed by atoms with van der Waals surface area (Å²) < 4.78 is 10.3. The molecule has 3 heteroatoms. The van der Waals surface area contributed by atoms with E-state index in [-0.39, 0.29) is 5.41 Å². The number of ether oxygens (including phenoxy) is 2. The molecule has 0 aromatic heterocycles. The normalized spacial score (nSPS) is 12.7. The van der Waals surface area contributed by atoms with Gasteiger partial charge >= 0.3 is 6.16 Å². The topological polar surface area (TPSA) is 35.5 Å². The molecular formula is C14H28O3. The number of carbonyl (C=O) groups is 1. The number of rotatable bonds is 6. The molecule has 0 saturated heterocycles. The molecule has 0 radical (unpaired) electrons. The maximum atomic E-state index is 11.4. The molecule has 0 saturated carbocycles. The molecule has 0 N–H and O–H groups in total. The van der Waals surface area contributed by atoms with Gasteiger partial charge in [-0.2, -0.15) is 0 Å². The molecule has 0 bridgehead atoms. The second-order valence-corrected chi connectivity index (χ2v) is 6.21. The van der Waals surface area contributed by atoms with Crippen LogP contribution in [0.1, 0.15) is 61.3 Å². The zero-order valence-electron chi connectivity index (χ0n) is 12.4. The molecule has 102 valence electrons. The SMILES string of the molecule is CCC(C)(C)OC(=O)OCCC(C)(C)C(C)C. The molecule has 0 fully saturated rings. The van der Waals surface area contributed by atoms with Crippen LogP contribution >= 0.6 is 0 Å². The van der Waals surface area contributed by atoms with E-state index in [1.807, 2.05) is 20.8 Å². The highest BCUT2D eigenvalue weighted by Crippen LogP contribution is 2.29. The Bertz CT molecular complexity index is 242. The minimum Gasteiger partial charge on any atom is -0.434 e. The lowest BCUT2D eigenvalue weighted by molar-refractivity contribution is -0.0226. The Hall–Kier alpha value is -0.730. The average Bonchev–Trinajstić information content (AvgIpc) is 2.16. The lowest BCUT2D eigenvalue weighted by Crippen LogP contribution is -2.28. The van der Waals surface area contributed by atoms with Gasteiger partial charge in [0.25, 0.3) is 0 Å². The highest BCUT2D eigenvalue weighted by Gasteiger charge is 2.24. The van der Waals surface area contributed by atoms with Gasteiger partial charge < -0.3 is 9.47 Å². The molecule has 0 rings (SSSR count). The highest BCUT2D eigenvalue weighted by atomic mass is 16.7. The van der Waals surface area contributed by atoms with Crippen LogP contribution < -0.4 is 0 Å². The predicted molar refractivity (Wildman–Crippen MR) is 70.0 cm³/mol. The summed E-state index contributed by atoms with van der Waals surface area (Å²) in [5, 5.41) is 0. The summed E-state index contributed by atoms with van der Waals surface area (Å²) in [5.74, 6) is 0.564. The molecule has 0 aliphatic heterocycles. The molecule has 17 heavy (non-hydrogen) atoms. The van der Waals surface area contributed by atoms with Crippen LogP contribution in [-0.2, 0) is 9.47 Å². The van der Waals surface area contributed by atoms with Crippen molar-refractivity contribution in [2.45, 2.75) is 66.9 Å². The quantitative estimate of drug-likeness (QED) is 0.650. The molecule has 0 aliphatic carbocycles. The van der Waals surface area contributed by atoms with Crippen LogP contribution in [0, 0.1) is 11.3 Å². The maximum absolute atomic E-state index is 11.4. The van der Waals surface area contributed by atoms with Crippen LogP contribution in [0.25, 0.3) is 0 Å². The first-order valence-electron chi connectivity index (χ1n) is 6.46. The summed E-state index contributed by atoms with van der Waals surface area (Å²) in [6.07, 6.45) is 1.07. The molecule has 0 heterocycles. The third-order valence-electron chi connectivity index (χ3n) is 3.74. The van der Waals surface area contributed by atoms with Crippen LogP contribution in [0.3, 0.4) is 0 Å². The van der Waals surface area contributed by atoms with Gasteiger partial charge in [0.2, 0.25) is 0 Å². The van der Waals surface area contributed by atoms with Gasteiger partial charge in [-0.25, -0.2) is 4.79 Å². The molecule has 0 aromatic carbocycles. The zero-order chi connectivity index (χ0) is 13.7. The van der Waals surface area contributed by atoms with E-state index in [0.717, 1.165) is 12.8 Å². The summed E-state index contributed by atoms with van der Waals surface area (Å²) in [5.41, 5.74) is -0.259. The summed E-state index contributed by atoms with van der Waals surface area (Å²) in [6, 6.07) is 0. The van der Waals surface area contributed by atoms with Gasteiger partial charge in [-0.15, -0.1) is 0 Å². The van der Waals surface area contributed by atoms with E-state index in [0.29, 0.717) is 12.5 Å². The molecule has 0 aliphatic rings. The van der Waals surface area contributed by atoms with Crippen molar-refractivity contribution < 1.29 is 14.3 Å². The van der Waals surface area contributed by atoms with Crippen LogP contribution in [0.5, 0.6) is 0 Å². The standard InChI is InChI=1S/C14H28O3/c1-8-14(6,7)17-12(15)16-10-9-13(4,5)11(2)3/h11H,8-10H2,1-7H3. The van der Waals surface area contributed by atoms with Gasteiger partial charge in [0.15, 0.2) is 0 Å². The Morgan fingerprint density at radius 1 is 1.18 bits per heavy atom. The van der Waals surface area contributed by atoms with Crippen molar-refractivity contribution in [1.29, 1.82) is 0 Å². The number of hydrogen-bond donors (Lipinski definition) is 0. The smallest absolute Gasteiger partial charge is 0.434 e. The summed E-state index contributed by atoms with van der Waals surface area (Å²) in [7, 11) is 0. The second-order valence-electron chi connectivity index (χ2n) is 6.21. The van der Waals surface area contributed by atoms with Gasteiger partial charge in [-0.3, -0.25) is 0 Å². The first kappa shape index (κ1) is 16.3. The van der Waals surface area contributed by atoms with E-state index < -0.39 is 11.8 Å². The van der Waals surface area contributed by atoms with Crippen LogP contribution in [0.2, 0.25) is 0 Å². The van der Waals surface area contributed by atoms with Crippen molar-refractivity contribution >= 4 is 6.16 Å². The number of hydrogen-bond acceptors (Lipinski definition) is 3. The van der Waals surface area contributed by atoms with Crippen molar-refractivity contribution in [3.05, 3.63) is 0 Å². The van der Waals surface area contributed by atoms with E-state index in [4.69, 9.17) is 9.47 Å². The van der Waals surface area contributed by atoms with Crippen LogP contribution in [-0.4, -0.2) is 18.4 Å². The Balaban J connectivity index is 3.95. The lowest BCUT2D eigenvalue weighted by atomic mass is 9.79. The third-order valence-corrected chi connectivity index (χ3v) is 3.74. The van der Waals surface area contributed by atoms with Crippen molar-refractivity contribution in [2.75, 3.05) is 6.61 Å². The van der Waals surface area contributed by atoms with E-state index in [1.54, 1.807) is 0 Å². The Labute approximate surface area is 106 Å². The first-order valence-corrected chi connectivity index (χ1v) is 6.46. The van der Waals surface area contributed by atoms with Crippen LogP contribution in [0.15, 0.2) is 0 Å². The largest absolute Gasteiger partial charge is 0.508 e. The van der Waals surface area contributed by atoms with Gasteiger partial charge in [0.1, 0.15) is 5.60 Å². The van der Waals surface area contributed by atoms with Gasteiger partial charge in [-0.05, 0) is 38.0 Å². The predicted octanol–water partition coefficient (Wildman–Crippen LogP) is 4.40. The summed E-state index contributed by atoms with van der Waals surface area (Å²) in [6.45, 7) is 14.9. The fourth-order valence-corrected chi connectivity index (χ4v) is 1.01. The molecule has 0 amide bonds. The van der Waals surface area contributed by atoms with Gasteiger partial charge in [0.05, 0.1) is 6.61 Å². The van der Waals surface area contributed by atoms with E-state index in [1.165, 1.54) is 0 Å². The fraction of sp³-hybridized carbons (Fsp3) is 0.929. The summed E-state index contributed by atoms with van der Waals surface area (Å²) in [4.78, 5) is 11.4. The lowest BCUT2D eigenvalue weighted by Gasteiger charge is -2.29. The van der Waals surface area contributed by atoms with Crippen LogP contribution in [0.4, 0.5) is 4.79 Å². The van der Waals surface area contributed by atoms with Crippen molar-refractivity contribution in [3.63, 3.8) is 0 Å². The van der Waals surface area contributed by atoms with E-state index in [2.05, 4.69) is 27.7 Å². The Morgan fingerprint density at radius 2 is 1.71 bits per heavy atom. The fourth-order valence-electron chi connectivity index (χ4n) is 1.01. The molecular weight excluding hydrogens is 216 g/mol. The highest BCUT2D eigenvalue weighted by molar-refractivity contribution is 5.60. The molecule has 0 atom stereocenters. The third kappa shape index (κ3) is 6.54. The molecule has 3 nitrogen and oxygen atoms in total. The Kier molecular flexibility index (Phi) is 6.00. The molecule has 0 aromatic rings. The first-order chi connectivity index (χ1) is 7.60. The van der Waals surface area contributed by atoms with Crippen molar-refractivity contribution in [1.82, 2.24) is 0 Å². The van der Waals surface area contributed by atoms with Crippen molar-refractivity contribution in [2.24, 2.45) is 11.3 Å². The van der Waals surface area contributed by atoms with Gasteiger partial charge in [-0.1, -0.05) is 34.6 Å². The van der Waals surface area contributed by atoms with E-state index >= 15 is 0 Å². The average molecular weight is 244 g/mol. The molecule has 0 unspecified atom stereocenters. The number of carbonyl (C=O) groups excluding carboxylic acids is 1. The van der Waals surface area contributed by atoms with E-state index in [9.17, 15) is 4.79 Å². The minimum absolute atomic E-state index is 0.181. The van der Waals surface area contributed by atoms with Crippen molar-refractivity contribution in [3.8, 4) is 0 Å². The zero-order valence-corrected chi connectivity index (χ0v) is 12.4. The second kappa shape index (κ2) is 6.27. The minimum atomic E-state index is -0.559. The van der Waals surface area contributed by atoms with Gasteiger partial charge in [0, 0.05) is 0 Å². The molecule has 0 spiro atoms. The maximum Gasteiger partial charge on any atom is 0.508 e. The Morgan fingerprint density at radius 3 is 2.12 bits per heavy atom. The monoisotopic (exact) mass is 244 g/mol. The summed E-state index contributed by atoms with van der Waals surface area (Å²) >= 11 is 0.